The second-order valence-corrected chi connectivity index (χ2v) is 4.80. The molecule has 0 aliphatic rings. The van der Waals surface area contributed by atoms with Gasteiger partial charge in [-0.2, -0.15) is 0 Å². The van der Waals surface area contributed by atoms with E-state index in [1.165, 1.54) is 0 Å². The number of nitrogens with one attached hydrogen (secondary N) is 1. The Labute approximate surface area is 131 Å². The van der Waals surface area contributed by atoms with Gasteiger partial charge in [0.05, 0.1) is 6.61 Å². The van der Waals surface area contributed by atoms with Crippen molar-refractivity contribution in [2.45, 2.75) is 38.8 Å². The molecule has 0 aliphatic carbocycles. The first kappa shape index (κ1) is 18.0. The van der Waals surface area contributed by atoms with Crippen molar-refractivity contribution in [1.29, 1.82) is 0 Å². The minimum absolute atomic E-state index is 0.158. The molecule has 0 fully saturated rings. The lowest BCUT2D eigenvalue weighted by atomic mass is 10.1. The summed E-state index contributed by atoms with van der Waals surface area (Å²) in [6, 6.07) is 8.64. The van der Waals surface area contributed by atoms with Gasteiger partial charge in [-0.25, -0.2) is 9.59 Å². The van der Waals surface area contributed by atoms with Crippen molar-refractivity contribution in [2.75, 3.05) is 13.2 Å². The molecular formula is C16H24N2O4. The van der Waals surface area contributed by atoms with Gasteiger partial charge in [0.15, 0.2) is 0 Å². The normalized spacial score (nSPS) is 11.5. The highest BCUT2D eigenvalue weighted by Crippen LogP contribution is 2.05. The summed E-state index contributed by atoms with van der Waals surface area (Å²) in [5.74, 6) is -0.448. The van der Waals surface area contributed by atoms with Crippen LogP contribution in [-0.2, 0) is 20.9 Å². The van der Waals surface area contributed by atoms with Crippen molar-refractivity contribution in [3.63, 3.8) is 0 Å². The van der Waals surface area contributed by atoms with Gasteiger partial charge in [-0.05, 0) is 38.3 Å². The van der Waals surface area contributed by atoms with E-state index < -0.39 is 18.1 Å². The van der Waals surface area contributed by atoms with Gasteiger partial charge in [0.1, 0.15) is 12.6 Å². The number of carbonyl (C=O) groups is 2. The number of nitrogens with two attached hydrogens (primary N) is 1. The second-order valence-electron chi connectivity index (χ2n) is 4.80. The zero-order valence-electron chi connectivity index (χ0n) is 12.9. The van der Waals surface area contributed by atoms with E-state index in [-0.39, 0.29) is 13.2 Å². The zero-order chi connectivity index (χ0) is 16.2. The Hall–Kier alpha value is -2.08. The van der Waals surface area contributed by atoms with E-state index in [0.717, 1.165) is 18.4 Å². The van der Waals surface area contributed by atoms with Crippen molar-refractivity contribution in [1.82, 2.24) is 5.32 Å². The SMILES string of the molecule is CCOC(=O)[C@H](CCCCN)NC(=O)OCc1ccccc1. The minimum atomic E-state index is -0.699. The van der Waals surface area contributed by atoms with Gasteiger partial charge in [-0.3, -0.25) is 0 Å². The van der Waals surface area contributed by atoms with Crippen LogP contribution in [0, 0.1) is 0 Å². The number of esters is 1. The molecule has 1 rings (SSSR count). The van der Waals surface area contributed by atoms with Gasteiger partial charge in [0.25, 0.3) is 0 Å². The first-order valence-electron chi connectivity index (χ1n) is 7.51. The predicted molar refractivity (Wildman–Crippen MR) is 83.1 cm³/mol. The van der Waals surface area contributed by atoms with Gasteiger partial charge in [0.2, 0.25) is 0 Å². The number of alkyl carbamates (subject to hydrolysis) is 1. The maximum Gasteiger partial charge on any atom is 0.408 e. The predicted octanol–water partition coefficient (Wildman–Crippen LogP) is 1.97. The second kappa shape index (κ2) is 10.6. The van der Waals surface area contributed by atoms with Crippen LogP contribution in [0.25, 0.3) is 0 Å². The summed E-state index contributed by atoms with van der Waals surface area (Å²) in [5.41, 5.74) is 6.32. The zero-order valence-corrected chi connectivity index (χ0v) is 12.9. The highest BCUT2D eigenvalue weighted by molar-refractivity contribution is 5.81. The van der Waals surface area contributed by atoms with Gasteiger partial charge >= 0.3 is 12.1 Å². The van der Waals surface area contributed by atoms with Crippen LogP contribution in [0.15, 0.2) is 30.3 Å². The largest absolute Gasteiger partial charge is 0.464 e. The van der Waals surface area contributed by atoms with Crippen LogP contribution in [0.4, 0.5) is 4.79 Å². The Bertz CT molecular complexity index is 451. The van der Waals surface area contributed by atoms with E-state index in [1.54, 1.807) is 6.92 Å². The minimum Gasteiger partial charge on any atom is -0.464 e. The maximum atomic E-state index is 11.8. The number of hydrogen-bond acceptors (Lipinski definition) is 5. The molecule has 1 aromatic rings. The number of unbranched alkanes of at least 4 members (excludes halogenated alkanes) is 1. The molecule has 0 saturated heterocycles. The molecule has 1 aromatic carbocycles. The lowest BCUT2D eigenvalue weighted by Crippen LogP contribution is -2.42. The van der Waals surface area contributed by atoms with Gasteiger partial charge in [-0.1, -0.05) is 30.3 Å². The molecule has 0 bridgehead atoms. The average Bonchev–Trinajstić information content (AvgIpc) is 2.53. The number of hydrogen-bond donors (Lipinski definition) is 2. The topological polar surface area (TPSA) is 90.6 Å². The van der Waals surface area contributed by atoms with Crippen LogP contribution >= 0.6 is 0 Å². The molecule has 0 heterocycles. The monoisotopic (exact) mass is 308 g/mol. The van der Waals surface area contributed by atoms with E-state index in [4.69, 9.17) is 15.2 Å². The molecule has 0 spiro atoms. The fourth-order valence-electron chi connectivity index (χ4n) is 1.89. The van der Waals surface area contributed by atoms with E-state index >= 15 is 0 Å². The van der Waals surface area contributed by atoms with Crippen molar-refractivity contribution in [2.24, 2.45) is 5.73 Å². The lowest BCUT2D eigenvalue weighted by Gasteiger charge is -2.17. The Kier molecular flexibility index (Phi) is 8.67. The molecule has 1 amide bonds. The van der Waals surface area contributed by atoms with Crippen LogP contribution in [-0.4, -0.2) is 31.3 Å². The molecular weight excluding hydrogens is 284 g/mol. The molecule has 122 valence electrons. The molecule has 22 heavy (non-hydrogen) atoms. The third kappa shape index (κ3) is 7.08. The number of ether oxygens (including phenoxy) is 2. The molecule has 0 saturated carbocycles. The third-order valence-corrected chi connectivity index (χ3v) is 3.02. The van der Waals surface area contributed by atoms with Crippen molar-refractivity contribution < 1.29 is 19.1 Å². The van der Waals surface area contributed by atoms with Gasteiger partial charge in [0, 0.05) is 0 Å². The van der Waals surface area contributed by atoms with Crippen LogP contribution in [0.3, 0.4) is 0 Å². The third-order valence-electron chi connectivity index (χ3n) is 3.02. The van der Waals surface area contributed by atoms with E-state index in [0.29, 0.717) is 13.0 Å². The summed E-state index contributed by atoms with van der Waals surface area (Å²) >= 11 is 0. The fraction of sp³-hybridized carbons (Fsp3) is 0.500. The number of carbonyl (C=O) groups excluding carboxylic acids is 2. The smallest absolute Gasteiger partial charge is 0.408 e. The number of benzene rings is 1. The van der Waals surface area contributed by atoms with Crippen molar-refractivity contribution in [3.05, 3.63) is 35.9 Å². The Morgan fingerprint density at radius 2 is 1.91 bits per heavy atom. The Morgan fingerprint density at radius 3 is 2.55 bits per heavy atom. The van der Waals surface area contributed by atoms with Gasteiger partial charge in [-0.15, -0.1) is 0 Å². The van der Waals surface area contributed by atoms with E-state index in [2.05, 4.69) is 5.32 Å². The lowest BCUT2D eigenvalue weighted by molar-refractivity contribution is -0.145. The van der Waals surface area contributed by atoms with Crippen LogP contribution < -0.4 is 11.1 Å². The fourth-order valence-corrected chi connectivity index (χ4v) is 1.89. The molecule has 6 heteroatoms. The molecule has 3 N–H and O–H groups in total. The summed E-state index contributed by atoms with van der Waals surface area (Å²) in [4.78, 5) is 23.6. The Balaban J connectivity index is 2.45. The number of amides is 1. The van der Waals surface area contributed by atoms with E-state index in [9.17, 15) is 9.59 Å². The molecule has 1 atom stereocenters. The summed E-state index contributed by atoms with van der Waals surface area (Å²) in [6.45, 7) is 2.70. The number of rotatable bonds is 9. The van der Waals surface area contributed by atoms with Crippen LogP contribution in [0.5, 0.6) is 0 Å². The molecule has 0 aliphatic heterocycles. The van der Waals surface area contributed by atoms with Gasteiger partial charge < -0.3 is 20.5 Å². The maximum absolute atomic E-state index is 11.8. The summed E-state index contributed by atoms with van der Waals surface area (Å²) < 4.78 is 10.1. The molecule has 0 aromatic heterocycles. The van der Waals surface area contributed by atoms with Crippen molar-refractivity contribution >= 4 is 12.1 Å². The highest BCUT2D eigenvalue weighted by atomic mass is 16.6. The summed E-state index contributed by atoms with van der Waals surface area (Å²) in [5, 5.41) is 2.55. The summed E-state index contributed by atoms with van der Waals surface area (Å²) in [6.07, 6.45) is 1.38. The van der Waals surface area contributed by atoms with Crippen LogP contribution in [0.2, 0.25) is 0 Å². The molecule has 0 unspecified atom stereocenters. The molecule has 0 radical (unpaired) electrons. The highest BCUT2D eigenvalue weighted by Gasteiger charge is 2.22. The first-order chi connectivity index (χ1) is 10.7. The van der Waals surface area contributed by atoms with E-state index in [1.807, 2.05) is 30.3 Å². The molecule has 6 nitrogen and oxygen atoms in total. The first-order valence-corrected chi connectivity index (χ1v) is 7.51. The van der Waals surface area contributed by atoms with Crippen molar-refractivity contribution in [3.8, 4) is 0 Å². The summed E-state index contributed by atoms with van der Waals surface area (Å²) in [7, 11) is 0. The standard InChI is InChI=1S/C16H24N2O4/c1-2-21-15(19)14(10-6-7-11-17)18-16(20)22-12-13-8-4-3-5-9-13/h3-5,8-9,14H,2,6-7,10-12,17H2,1H3,(H,18,20)/t14-/m0/s1. The Morgan fingerprint density at radius 1 is 1.18 bits per heavy atom. The quantitative estimate of drug-likeness (QED) is 0.537. The van der Waals surface area contributed by atoms with Crippen LogP contribution in [0.1, 0.15) is 31.7 Å². The average molecular weight is 308 g/mol.